The van der Waals surface area contributed by atoms with Crippen LogP contribution >= 0.6 is 15.9 Å². The first kappa shape index (κ1) is 9.51. The van der Waals surface area contributed by atoms with Gasteiger partial charge in [-0.1, -0.05) is 0 Å². The van der Waals surface area contributed by atoms with Gasteiger partial charge in [0.1, 0.15) is 0 Å². The lowest BCUT2D eigenvalue weighted by atomic mass is 10.2. The van der Waals surface area contributed by atoms with Crippen molar-refractivity contribution in [3.05, 3.63) is 33.3 Å². The van der Waals surface area contributed by atoms with Gasteiger partial charge in [0.25, 0.3) is 0 Å². The van der Waals surface area contributed by atoms with Crippen molar-refractivity contribution in [3.63, 3.8) is 0 Å². The molecule has 0 bridgehead atoms. The summed E-state index contributed by atoms with van der Waals surface area (Å²) in [7, 11) is 0. The highest BCUT2D eigenvalue weighted by Crippen LogP contribution is 2.27. The van der Waals surface area contributed by atoms with Gasteiger partial charge in [-0.05, 0) is 22.9 Å². The van der Waals surface area contributed by atoms with Crippen molar-refractivity contribution in [2.45, 2.75) is 6.92 Å². The molecule has 5 heteroatoms. The van der Waals surface area contributed by atoms with E-state index >= 15 is 0 Å². The Labute approximate surface area is 74.3 Å². The lowest BCUT2D eigenvalue weighted by Gasteiger charge is -2.03. The Morgan fingerprint density at radius 2 is 1.25 bits per heavy atom. The Hall–Kier alpha value is -0.580. The molecule has 0 saturated carbocycles. The zero-order chi connectivity index (χ0) is 9.46. The molecule has 1 aromatic rings. The van der Waals surface area contributed by atoms with Crippen LogP contribution < -0.4 is 0 Å². The summed E-state index contributed by atoms with van der Waals surface area (Å²) in [4.78, 5) is 0. The predicted octanol–water partition coefficient (Wildman–Crippen LogP) is 3.31. The average molecular weight is 243 g/mol. The van der Waals surface area contributed by atoms with Crippen molar-refractivity contribution in [2.24, 2.45) is 0 Å². The fraction of sp³-hybridized carbons (Fsp3) is 0.143. The summed E-state index contributed by atoms with van der Waals surface area (Å²) in [6.45, 7) is 1.14. The molecule has 0 unspecified atom stereocenters. The molecule has 0 aliphatic heterocycles. The Balaban J connectivity index is 3.60. The maximum absolute atomic E-state index is 12.6. The molecular weight excluding hydrogens is 240 g/mol. The van der Waals surface area contributed by atoms with Crippen molar-refractivity contribution in [1.29, 1.82) is 0 Å². The van der Waals surface area contributed by atoms with Crippen LogP contribution in [0.3, 0.4) is 0 Å². The first-order chi connectivity index (χ1) is 5.46. The van der Waals surface area contributed by atoms with Gasteiger partial charge in [-0.15, -0.1) is 0 Å². The summed E-state index contributed by atoms with van der Waals surface area (Å²) >= 11 is 2.59. The minimum Gasteiger partial charge on any atom is -0.203 e. The maximum atomic E-state index is 12.6. The molecule has 12 heavy (non-hydrogen) atoms. The van der Waals surface area contributed by atoms with E-state index in [2.05, 4.69) is 15.9 Å². The molecule has 0 amide bonds. The third-order valence-electron chi connectivity index (χ3n) is 1.43. The van der Waals surface area contributed by atoms with E-state index in [1.165, 1.54) is 0 Å². The second kappa shape index (κ2) is 3.05. The second-order valence-electron chi connectivity index (χ2n) is 2.19. The molecule has 0 saturated heterocycles. The van der Waals surface area contributed by atoms with Crippen LogP contribution in [0.2, 0.25) is 0 Å². The van der Waals surface area contributed by atoms with E-state index in [0.717, 1.165) is 6.92 Å². The molecule has 0 spiro atoms. The van der Waals surface area contributed by atoms with Crippen LogP contribution in [0.5, 0.6) is 0 Å². The topological polar surface area (TPSA) is 0 Å². The molecule has 0 atom stereocenters. The lowest BCUT2D eigenvalue weighted by Crippen LogP contribution is -2.00. The fourth-order valence-corrected chi connectivity index (χ4v) is 1.06. The van der Waals surface area contributed by atoms with Gasteiger partial charge in [-0.2, -0.15) is 0 Å². The first-order valence-corrected chi connectivity index (χ1v) is 3.74. The molecule has 0 N–H and O–H groups in total. The van der Waals surface area contributed by atoms with Crippen molar-refractivity contribution >= 4 is 15.9 Å². The largest absolute Gasteiger partial charge is 0.203 e. The molecule has 0 aliphatic carbocycles. The highest BCUT2D eigenvalue weighted by Gasteiger charge is 2.20. The van der Waals surface area contributed by atoms with Gasteiger partial charge in [0.15, 0.2) is 23.3 Å². The van der Waals surface area contributed by atoms with E-state index < -0.39 is 23.3 Å². The summed E-state index contributed by atoms with van der Waals surface area (Å²) in [6, 6.07) is 0. The van der Waals surface area contributed by atoms with Crippen molar-refractivity contribution in [3.8, 4) is 0 Å². The SMILES string of the molecule is Cc1c(F)c(F)c(F)c(F)c1Br. The van der Waals surface area contributed by atoms with Gasteiger partial charge < -0.3 is 0 Å². The summed E-state index contributed by atoms with van der Waals surface area (Å²) in [5, 5.41) is 0. The molecule has 1 aromatic carbocycles. The summed E-state index contributed by atoms with van der Waals surface area (Å²) in [5.74, 6) is -6.37. The fourth-order valence-electron chi connectivity index (χ4n) is 0.715. The summed E-state index contributed by atoms with van der Waals surface area (Å²) in [6.07, 6.45) is 0. The predicted molar refractivity (Wildman–Crippen MR) is 38.7 cm³/mol. The van der Waals surface area contributed by atoms with E-state index in [4.69, 9.17) is 0 Å². The Morgan fingerprint density at radius 3 is 1.75 bits per heavy atom. The van der Waals surface area contributed by atoms with E-state index in [9.17, 15) is 17.6 Å². The van der Waals surface area contributed by atoms with Crippen molar-refractivity contribution < 1.29 is 17.6 Å². The van der Waals surface area contributed by atoms with Crippen LogP contribution in [-0.4, -0.2) is 0 Å². The third-order valence-corrected chi connectivity index (χ3v) is 2.37. The highest BCUT2D eigenvalue weighted by atomic mass is 79.9. The number of benzene rings is 1. The monoisotopic (exact) mass is 242 g/mol. The number of hydrogen-bond acceptors (Lipinski definition) is 0. The number of hydrogen-bond donors (Lipinski definition) is 0. The molecule has 0 nitrogen and oxygen atoms in total. The Kier molecular flexibility index (Phi) is 2.41. The van der Waals surface area contributed by atoms with Crippen molar-refractivity contribution in [2.75, 3.05) is 0 Å². The van der Waals surface area contributed by atoms with E-state index in [1.807, 2.05) is 0 Å². The van der Waals surface area contributed by atoms with E-state index in [1.54, 1.807) is 0 Å². The summed E-state index contributed by atoms with van der Waals surface area (Å²) < 4.78 is 49.7. The van der Waals surface area contributed by atoms with E-state index in [-0.39, 0.29) is 10.0 Å². The minimum atomic E-state index is -1.80. The Bertz CT molecular complexity index is 230. The van der Waals surface area contributed by atoms with Gasteiger partial charge in [-0.25, -0.2) is 17.6 Å². The molecule has 0 fully saturated rings. The van der Waals surface area contributed by atoms with Crippen LogP contribution in [-0.2, 0) is 0 Å². The minimum absolute atomic E-state index is 0.286. The maximum Gasteiger partial charge on any atom is 0.198 e. The molecular formula is C7H3BrF4. The zero-order valence-corrected chi connectivity index (χ0v) is 7.48. The molecule has 0 heterocycles. The lowest BCUT2D eigenvalue weighted by molar-refractivity contribution is 0.403. The molecule has 1 rings (SSSR count). The second-order valence-corrected chi connectivity index (χ2v) is 2.99. The first-order valence-electron chi connectivity index (χ1n) is 2.94. The molecule has 0 radical (unpaired) electrons. The number of rotatable bonds is 0. The highest BCUT2D eigenvalue weighted by molar-refractivity contribution is 9.10. The molecule has 0 aliphatic rings. The van der Waals surface area contributed by atoms with Gasteiger partial charge in [0.2, 0.25) is 0 Å². The molecule has 0 aromatic heterocycles. The normalized spacial score (nSPS) is 10.5. The van der Waals surface area contributed by atoms with Gasteiger partial charge >= 0.3 is 0 Å². The van der Waals surface area contributed by atoms with E-state index in [0.29, 0.717) is 0 Å². The summed E-state index contributed by atoms with van der Waals surface area (Å²) in [5.41, 5.74) is -0.286. The van der Waals surface area contributed by atoms with Crippen LogP contribution in [0.25, 0.3) is 0 Å². The Morgan fingerprint density at radius 1 is 0.833 bits per heavy atom. The smallest absolute Gasteiger partial charge is 0.198 e. The van der Waals surface area contributed by atoms with Crippen LogP contribution in [0.4, 0.5) is 17.6 Å². The van der Waals surface area contributed by atoms with Crippen molar-refractivity contribution in [1.82, 2.24) is 0 Å². The third kappa shape index (κ3) is 1.22. The quantitative estimate of drug-likeness (QED) is 0.372. The molecule has 66 valence electrons. The standard InChI is InChI=1S/C7H3BrF4/c1-2-3(8)5(10)7(12)6(11)4(2)9/h1H3. The van der Waals surface area contributed by atoms with Crippen LogP contribution in [0.15, 0.2) is 4.47 Å². The van der Waals surface area contributed by atoms with Gasteiger partial charge in [0, 0.05) is 5.56 Å². The van der Waals surface area contributed by atoms with Crippen LogP contribution in [0.1, 0.15) is 5.56 Å². The number of halogens is 5. The zero-order valence-electron chi connectivity index (χ0n) is 5.89. The van der Waals surface area contributed by atoms with Crippen LogP contribution in [0, 0.1) is 30.2 Å². The van der Waals surface area contributed by atoms with Gasteiger partial charge in [0.05, 0.1) is 4.47 Å². The average Bonchev–Trinajstić information content (AvgIpc) is 2.08. The van der Waals surface area contributed by atoms with Gasteiger partial charge in [-0.3, -0.25) is 0 Å².